The number of aromatic nitrogens is 3. The second-order valence-corrected chi connectivity index (χ2v) is 7.50. The molecule has 1 N–H and O–H groups in total. The van der Waals surface area contributed by atoms with Crippen LogP contribution in [0.15, 0.2) is 59.8 Å². The van der Waals surface area contributed by atoms with Crippen molar-refractivity contribution >= 4 is 21.7 Å². The van der Waals surface area contributed by atoms with Crippen LogP contribution >= 0.6 is 0 Å². The number of nitrogens with one attached hydrogen (secondary N) is 1. The molecule has 3 rings (SSSR count). The maximum absolute atomic E-state index is 12.8. The van der Waals surface area contributed by atoms with Gasteiger partial charge in [-0.25, -0.2) is 17.8 Å². The SMILES string of the molecule is O=[N+]([O-])c1ccc(S(=O)(=O)Nc2ncn(Cc3cccc(C(F)(F)F)c3)n2)cc1. The summed E-state index contributed by atoms with van der Waals surface area (Å²) in [6, 6.07) is 8.81. The van der Waals surface area contributed by atoms with Gasteiger partial charge in [0.15, 0.2) is 0 Å². The molecule has 0 spiro atoms. The number of nitro benzene ring substituents is 1. The predicted molar refractivity (Wildman–Crippen MR) is 94.5 cm³/mol. The van der Waals surface area contributed by atoms with Crippen LogP contribution in [0.2, 0.25) is 0 Å². The molecule has 3 aromatic rings. The summed E-state index contributed by atoms with van der Waals surface area (Å²) in [5, 5.41) is 14.5. The molecule has 13 heteroatoms. The molecule has 0 saturated carbocycles. The second kappa shape index (κ2) is 7.50. The zero-order chi connectivity index (χ0) is 21.2. The van der Waals surface area contributed by atoms with Crippen molar-refractivity contribution < 1.29 is 26.5 Å². The van der Waals surface area contributed by atoms with Gasteiger partial charge in [0.25, 0.3) is 21.7 Å². The number of benzene rings is 2. The molecular weight excluding hydrogens is 415 g/mol. The van der Waals surface area contributed by atoms with Crippen LogP contribution in [0.1, 0.15) is 11.1 Å². The van der Waals surface area contributed by atoms with Crippen molar-refractivity contribution in [3.8, 4) is 0 Å². The standard InChI is InChI=1S/C16H12F3N5O4S/c17-16(18,19)12-3-1-2-11(8-12)9-23-10-20-15(21-23)22-29(27,28)14-6-4-13(5-7-14)24(25)26/h1-8,10H,9H2,(H,21,22). The van der Waals surface area contributed by atoms with Crippen molar-refractivity contribution in [1.82, 2.24) is 14.8 Å². The lowest BCUT2D eigenvalue weighted by atomic mass is 10.1. The van der Waals surface area contributed by atoms with Gasteiger partial charge in [-0.2, -0.15) is 18.2 Å². The number of anilines is 1. The number of sulfonamides is 1. The third-order valence-corrected chi connectivity index (χ3v) is 5.06. The van der Waals surface area contributed by atoms with E-state index in [4.69, 9.17) is 0 Å². The molecule has 0 amide bonds. The minimum atomic E-state index is -4.48. The van der Waals surface area contributed by atoms with Crippen molar-refractivity contribution in [2.75, 3.05) is 4.72 Å². The van der Waals surface area contributed by atoms with E-state index in [0.717, 1.165) is 42.7 Å². The van der Waals surface area contributed by atoms with Crippen LogP contribution in [0.3, 0.4) is 0 Å². The van der Waals surface area contributed by atoms with Gasteiger partial charge in [-0.15, -0.1) is 5.10 Å². The van der Waals surface area contributed by atoms with Crippen LogP contribution in [-0.4, -0.2) is 28.1 Å². The monoisotopic (exact) mass is 427 g/mol. The lowest BCUT2D eigenvalue weighted by Crippen LogP contribution is -2.14. The summed E-state index contributed by atoms with van der Waals surface area (Å²) in [6.45, 7) is -0.0593. The predicted octanol–water partition coefficient (Wildman–Crippen LogP) is 3.05. The van der Waals surface area contributed by atoms with Crippen molar-refractivity contribution in [2.45, 2.75) is 17.6 Å². The van der Waals surface area contributed by atoms with Crippen LogP contribution in [0.4, 0.5) is 24.8 Å². The van der Waals surface area contributed by atoms with Gasteiger partial charge in [0.05, 0.1) is 21.9 Å². The Balaban J connectivity index is 1.74. The lowest BCUT2D eigenvalue weighted by molar-refractivity contribution is -0.384. The van der Waals surface area contributed by atoms with Gasteiger partial charge in [0, 0.05) is 12.1 Å². The zero-order valence-electron chi connectivity index (χ0n) is 14.4. The van der Waals surface area contributed by atoms with E-state index < -0.39 is 26.7 Å². The highest BCUT2D eigenvalue weighted by molar-refractivity contribution is 7.92. The molecule has 9 nitrogen and oxygen atoms in total. The van der Waals surface area contributed by atoms with E-state index in [1.54, 1.807) is 0 Å². The maximum Gasteiger partial charge on any atom is 0.416 e. The third-order valence-electron chi connectivity index (χ3n) is 3.72. The molecule has 2 aromatic carbocycles. The molecule has 0 aliphatic carbocycles. The first-order chi connectivity index (χ1) is 13.5. The first-order valence-corrected chi connectivity index (χ1v) is 9.36. The van der Waals surface area contributed by atoms with Crippen molar-refractivity contribution in [1.29, 1.82) is 0 Å². The van der Waals surface area contributed by atoms with E-state index in [1.165, 1.54) is 16.8 Å². The fourth-order valence-electron chi connectivity index (χ4n) is 2.38. The average Bonchev–Trinajstić information content (AvgIpc) is 3.07. The Kier molecular flexibility index (Phi) is 5.24. The molecule has 1 heterocycles. The van der Waals surface area contributed by atoms with E-state index in [1.807, 2.05) is 0 Å². The van der Waals surface area contributed by atoms with Crippen molar-refractivity contribution in [3.05, 3.63) is 76.1 Å². The molecule has 0 radical (unpaired) electrons. The van der Waals surface area contributed by atoms with E-state index in [2.05, 4.69) is 14.8 Å². The minimum Gasteiger partial charge on any atom is -0.258 e. The highest BCUT2D eigenvalue weighted by atomic mass is 32.2. The van der Waals surface area contributed by atoms with Gasteiger partial charge in [0.1, 0.15) is 6.33 Å². The second-order valence-electron chi connectivity index (χ2n) is 5.82. The summed E-state index contributed by atoms with van der Waals surface area (Å²) in [5.74, 6) is -0.296. The Labute approximate surface area is 162 Å². The fourth-order valence-corrected chi connectivity index (χ4v) is 3.32. The van der Waals surface area contributed by atoms with Crippen LogP contribution in [0.25, 0.3) is 0 Å². The average molecular weight is 427 g/mol. The van der Waals surface area contributed by atoms with Crippen LogP contribution in [0.5, 0.6) is 0 Å². The highest BCUT2D eigenvalue weighted by Gasteiger charge is 2.30. The summed E-state index contributed by atoms with van der Waals surface area (Å²) < 4.78 is 66.2. The number of non-ortho nitro benzene ring substituents is 1. The quantitative estimate of drug-likeness (QED) is 0.477. The molecule has 152 valence electrons. The number of hydrogen-bond acceptors (Lipinski definition) is 6. The maximum atomic E-state index is 12.8. The number of nitrogens with zero attached hydrogens (tertiary/aromatic N) is 4. The summed E-state index contributed by atoms with van der Waals surface area (Å²) >= 11 is 0. The van der Waals surface area contributed by atoms with Gasteiger partial charge in [-0.1, -0.05) is 12.1 Å². The molecule has 29 heavy (non-hydrogen) atoms. The minimum absolute atomic E-state index is 0.0593. The molecule has 1 aromatic heterocycles. The van der Waals surface area contributed by atoms with E-state index in [-0.39, 0.29) is 23.1 Å². The molecule has 0 atom stereocenters. The number of hydrogen-bond donors (Lipinski definition) is 1. The fraction of sp³-hybridized carbons (Fsp3) is 0.125. The van der Waals surface area contributed by atoms with E-state index in [0.29, 0.717) is 5.56 Å². The first kappa shape index (κ1) is 20.3. The van der Waals surface area contributed by atoms with Crippen LogP contribution in [0, 0.1) is 10.1 Å². The topological polar surface area (TPSA) is 120 Å². The summed E-state index contributed by atoms with van der Waals surface area (Å²) in [7, 11) is -4.10. The normalized spacial score (nSPS) is 12.0. The summed E-state index contributed by atoms with van der Waals surface area (Å²) in [5.41, 5.74) is -0.781. The van der Waals surface area contributed by atoms with Crippen LogP contribution in [-0.2, 0) is 22.7 Å². The van der Waals surface area contributed by atoms with Gasteiger partial charge >= 0.3 is 6.18 Å². The Bertz CT molecular complexity index is 1140. The highest BCUT2D eigenvalue weighted by Crippen LogP contribution is 2.29. The Morgan fingerprint density at radius 2 is 1.83 bits per heavy atom. The first-order valence-electron chi connectivity index (χ1n) is 7.87. The largest absolute Gasteiger partial charge is 0.416 e. The van der Waals surface area contributed by atoms with E-state index >= 15 is 0 Å². The Hall–Kier alpha value is -3.48. The van der Waals surface area contributed by atoms with Gasteiger partial charge in [-0.3, -0.25) is 10.1 Å². The molecule has 0 aliphatic rings. The van der Waals surface area contributed by atoms with Gasteiger partial charge in [0.2, 0.25) is 0 Å². The number of rotatable bonds is 6. The summed E-state index contributed by atoms with van der Waals surface area (Å²) in [4.78, 5) is 13.5. The Morgan fingerprint density at radius 3 is 2.45 bits per heavy atom. The van der Waals surface area contributed by atoms with Crippen molar-refractivity contribution in [3.63, 3.8) is 0 Å². The number of nitro groups is 1. The molecule has 0 bridgehead atoms. The number of alkyl halides is 3. The van der Waals surface area contributed by atoms with Gasteiger partial charge in [-0.05, 0) is 29.8 Å². The molecule has 0 fully saturated rings. The molecular formula is C16H12F3N5O4S. The molecule has 0 saturated heterocycles. The smallest absolute Gasteiger partial charge is 0.258 e. The summed E-state index contributed by atoms with van der Waals surface area (Å²) in [6.07, 6.45) is -3.32. The van der Waals surface area contributed by atoms with E-state index in [9.17, 15) is 31.7 Å². The number of halogens is 3. The molecule has 0 unspecified atom stereocenters. The lowest BCUT2D eigenvalue weighted by Gasteiger charge is -2.08. The third kappa shape index (κ3) is 4.87. The Morgan fingerprint density at radius 1 is 1.14 bits per heavy atom. The van der Waals surface area contributed by atoms with Gasteiger partial charge < -0.3 is 0 Å². The zero-order valence-corrected chi connectivity index (χ0v) is 15.2. The molecule has 0 aliphatic heterocycles. The van der Waals surface area contributed by atoms with Crippen molar-refractivity contribution in [2.24, 2.45) is 0 Å². The van der Waals surface area contributed by atoms with Crippen LogP contribution < -0.4 is 4.72 Å².